The van der Waals surface area contributed by atoms with Gasteiger partial charge in [-0.1, -0.05) is 40.9 Å². The van der Waals surface area contributed by atoms with Crippen molar-refractivity contribution in [3.63, 3.8) is 0 Å². The third-order valence-electron chi connectivity index (χ3n) is 6.45. The Morgan fingerprint density at radius 1 is 0.583 bits per heavy atom. The SMILES string of the molecule is O=C(O)CCCCC1CCSC1.O=C(O)CCCCC1CCSC1.O=C(O)CCCC[C@@H]1CCSS1. The largest absolute Gasteiger partial charge is 0.481 e. The van der Waals surface area contributed by atoms with Gasteiger partial charge in [-0.15, -0.1) is 0 Å². The van der Waals surface area contributed by atoms with Crippen LogP contribution in [-0.2, 0) is 14.4 Å². The molecule has 6 nitrogen and oxygen atoms in total. The van der Waals surface area contributed by atoms with E-state index in [0.29, 0.717) is 19.3 Å². The van der Waals surface area contributed by atoms with E-state index in [2.05, 4.69) is 0 Å². The molecule has 0 aromatic heterocycles. The second-order valence-corrected chi connectivity index (χ2v) is 14.8. The fourth-order valence-electron chi connectivity index (χ4n) is 4.25. The van der Waals surface area contributed by atoms with Gasteiger partial charge in [-0.3, -0.25) is 14.4 Å². The zero-order chi connectivity index (χ0) is 26.4. The van der Waals surface area contributed by atoms with Crippen LogP contribution in [0.4, 0.5) is 0 Å². The molecular weight excluding hydrogens is 537 g/mol. The second-order valence-electron chi connectivity index (χ2n) is 9.71. The first-order valence-electron chi connectivity index (χ1n) is 13.5. The van der Waals surface area contributed by atoms with Crippen LogP contribution in [0.3, 0.4) is 0 Å². The Kier molecular flexibility index (Phi) is 21.4. The van der Waals surface area contributed by atoms with Gasteiger partial charge in [0.2, 0.25) is 0 Å². The van der Waals surface area contributed by atoms with Crippen molar-refractivity contribution in [2.24, 2.45) is 11.8 Å². The highest BCUT2D eigenvalue weighted by Gasteiger charge is 2.16. The molecule has 10 heteroatoms. The molecule has 0 aromatic rings. The minimum atomic E-state index is -0.663. The summed E-state index contributed by atoms with van der Waals surface area (Å²) in [5, 5.41) is 26.0. The standard InChI is InChI=1S/2C9H16O2S.C8H14O2S2/c2*10-9(11)4-2-1-3-8-5-6-12-7-8;9-8(10)4-2-1-3-7-5-6-11-12-7/h2*8H,1-7H2,(H,10,11);7H,1-6H2,(H,9,10)/t;;7-/m..1/s1. The van der Waals surface area contributed by atoms with E-state index in [1.807, 2.05) is 45.1 Å². The first-order chi connectivity index (χ1) is 17.4. The molecule has 3 aliphatic rings. The van der Waals surface area contributed by atoms with Gasteiger partial charge in [0.15, 0.2) is 0 Å². The van der Waals surface area contributed by atoms with Gasteiger partial charge in [0.1, 0.15) is 0 Å². The number of unbranched alkanes of at least 4 members (excludes halogenated alkanes) is 3. The van der Waals surface area contributed by atoms with Crippen LogP contribution in [0.25, 0.3) is 0 Å². The van der Waals surface area contributed by atoms with Crippen LogP contribution in [0.2, 0.25) is 0 Å². The van der Waals surface area contributed by atoms with Crippen LogP contribution in [0.5, 0.6) is 0 Å². The van der Waals surface area contributed by atoms with Crippen LogP contribution in [0.15, 0.2) is 0 Å². The lowest BCUT2D eigenvalue weighted by Gasteiger charge is -2.05. The molecule has 3 fully saturated rings. The van der Waals surface area contributed by atoms with Gasteiger partial charge in [0, 0.05) is 30.3 Å². The van der Waals surface area contributed by atoms with Crippen molar-refractivity contribution >= 4 is 63.0 Å². The molecule has 3 heterocycles. The average Bonchev–Trinajstić information content (AvgIpc) is 3.62. The number of rotatable bonds is 15. The van der Waals surface area contributed by atoms with Gasteiger partial charge in [-0.05, 0) is 92.6 Å². The Balaban J connectivity index is 0.000000270. The Labute approximate surface area is 234 Å². The smallest absolute Gasteiger partial charge is 0.303 e. The number of carboxylic acid groups (broad SMARTS) is 3. The quantitative estimate of drug-likeness (QED) is 0.132. The fourth-order valence-corrected chi connectivity index (χ4v) is 9.95. The molecular formula is C26H46O6S4. The maximum atomic E-state index is 10.2. The van der Waals surface area contributed by atoms with Crippen molar-refractivity contribution in [3.8, 4) is 0 Å². The van der Waals surface area contributed by atoms with Crippen molar-refractivity contribution in [3.05, 3.63) is 0 Å². The van der Waals surface area contributed by atoms with Crippen molar-refractivity contribution < 1.29 is 29.7 Å². The van der Waals surface area contributed by atoms with E-state index < -0.39 is 17.9 Å². The molecule has 3 rings (SSSR count). The first kappa shape index (κ1) is 33.8. The maximum absolute atomic E-state index is 10.2. The number of aliphatic carboxylic acids is 3. The topological polar surface area (TPSA) is 112 Å². The van der Waals surface area contributed by atoms with Gasteiger partial charge in [-0.2, -0.15) is 23.5 Å². The Morgan fingerprint density at radius 2 is 1.03 bits per heavy atom. The molecule has 210 valence electrons. The summed E-state index contributed by atoms with van der Waals surface area (Å²) < 4.78 is 0. The lowest BCUT2D eigenvalue weighted by molar-refractivity contribution is -0.138. The predicted molar refractivity (Wildman–Crippen MR) is 158 cm³/mol. The van der Waals surface area contributed by atoms with Crippen molar-refractivity contribution in [2.45, 2.75) is 102 Å². The van der Waals surface area contributed by atoms with Gasteiger partial charge < -0.3 is 15.3 Å². The minimum Gasteiger partial charge on any atom is -0.481 e. The fraction of sp³-hybridized carbons (Fsp3) is 0.885. The van der Waals surface area contributed by atoms with E-state index in [1.54, 1.807) is 0 Å². The van der Waals surface area contributed by atoms with E-state index in [0.717, 1.165) is 55.6 Å². The van der Waals surface area contributed by atoms with E-state index in [-0.39, 0.29) is 0 Å². The number of carbonyl (C=O) groups is 3. The minimum absolute atomic E-state index is 0.338. The highest BCUT2D eigenvalue weighted by Crippen LogP contribution is 2.39. The van der Waals surface area contributed by atoms with Gasteiger partial charge in [0.25, 0.3) is 0 Å². The number of hydrogen-bond donors (Lipinski definition) is 3. The van der Waals surface area contributed by atoms with Crippen LogP contribution < -0.4 is 0 Å². The van der Waals surface area contributed by atoms with E-state index >= 15 is 0 Å². The third-order valence-corrected chi connectivity index (χ3v) is 11.9. The summed E-state index contributed by atoms with van der Waals surface area (Å²) in [6.45, 7) is 0. The molecule has 0 amide bonds. The summed E-state index contributed by atoms with van der Waals surface area (Å²) in [5.41, 5.74) is 0. The van der Waals surface area contributed by atoms with Gasteiger partial charge in [0.05, 0.1) is 0 Å². The van der Waals surface area contributed by atoms with Crippen molar-refractivity contribution in [1.29, 1.82) is 0 Å². The molecule has 3 N–H and O–H groups in total. The Bertz CT molecular complexity index is 508. The summed E-state index contributed by atoms with van der Waals surface area (Å²) in [7, 11) is 3.92. The third kappa shape index (κ3) is 20.8. The molecule has 3 saturated heterocycles. The normalized spacial score (nSPS) is 22.8. The highest BCUT2D eigenvalue weighted by molar-refractivity contribution is 8.77. The number of thioether (sulfide) groups is 2. The van der Waals surface area contributed by atoms with Crippen LogP contribution in [0.1, 0.15) is 96.3 Å². The lowest BCUT2D eigenvalue weighted by atomic mass is 10.0. The van der Waals surface area contributed by atoms with Crippen LogP contribution >= 0.6 is 45.1 Å². The molecule has 0 aliphatic carbocycles. The zero-order valence-electron chi connectivity index (χ0n) is 21.6. The summed E-state index contributed by atoms with van der Waals surface area (Å²) in [5.74, 6) is 6.27. The van der Waals surface area contributed by atoms with E-state index in [1.165, 1.54) is 67.3 Å². The summed E-state index contributed by atoms with van der Waals surface area (Å²) in [4.78, 5) is 30.6. The molecule has 3 aliphatic heterocycles. The molecule has 0 saturated carbocycles. The predicted octanol–water partition coefficient (Wildman–Crippen LogP) is 7.55. The lowest BCUT2D eigenvalue weighted by Crippen LogP contribution is -1.99. The molecule has 0 radical (unpaired) electrons. The zero-order valence-corrected chi connectivity index (χ0v) is 24.8. The summed E-state index contributed by atoms with van der Waals surface area (Å²) in [6.07, 6.45) is 14.5. The van der Waals surface area contributed by atoms with Crippen LogP contribution in [0, 0.1) is 11.8 Å². The number of carboxylic acids is 3. The Morgan fingerprint density at radius 3 is 1.36 bits per heavy atom. The molecule has 36 heavy (non-hydrogen) atoms. The summed E-state index contributed by atoms with van der Waals surface area (Å²) >= 11 is 4.06. The van der Waals surface area contributed by atoms with Crippen LogP contribution in [-0.4, -0.2) is 67.2 Å². The second kappa shape index (κ2) is 22.8. The van der Waals surface area contributed by atoms with Gasteiger partial charge in [-0.25, -0.2) is 0 Å². The van der Waals surface area contributed by atoms with Crippen molar-refractivity contribution in [2.75, 3.05) is 28.8 Å². The first-order valence-corrected chi connectivity index (χ1v) is 18.1. The molecule has 2 unspecified atom stereocenters. The molecule has 0 aromatic carbocycles. The average molecular weight is 583 g/mol. The monoisotopic (exact) mass is 582 g/mol. The maximum Gasteiger partial charge on any atom is 0.303 e. The van der Waals surface area contributed by atoms with Crippen molar-refractivity contribution in [1.82, 2.24) is 0 Å². The molecule has 0 spiro atoms. The Hall–Kier alpha value is -0.190. The highest BCUT2D eigenvalue weighted by atomic mass is 33.1. The van der Waals surface area contributed by atoms with Gasteiger partial charge >= 0.3 is 17.9 Å². The molecule has 3 atom stereocenters. The summed E-state index contributed by atoms with van der Waals surface area (Å²) in [6, 6.07) is 0. The van der Waals surface area contributed by atoms with E-state index in [9.17, 15) is 14.4 Å². The van der Waals surface area contributed by atoms with E-state index in [4.69, 9.17) is 15.3 Å². The number of hydrogen-bond acceptors (Lipinski definition) is 7. The molecule has 0 bridgehead atoms.